The van der Waals surface area contributed by atoms with Crippen LogP contribution in [0.5, 0.6) is 5.75 Å². The summed E-state index contributed by atoms with van der Waals surface area (Å²) in [6.07, 6.45) is 0.711. The Kier molecular flexibility index (Phi) is 3.78. The van der Waals surface area contributed by atoms with Gasteiger partial charge in [-0.05, 0) is 30.5 Å². The first-order valence-electron chi connectivity index (χ1n) is 6.98. The number of benzene rings is 1. The monoisotopic (exact) mass is 324 g/mol. The quantitative estimate of drug-likeness (QED) is 0.855. The second-order valence-electron chi connectivity index (χ2n) is 5.57. The summed E-state index contributed by atoms with van der Waals surface area (Å²) in [6, 6.07) is 4.97. The van der Waals surface area contributed by atoms with Gasteiger partial charge < -0.3 is 15.4 Å². The molecule has 1 aromatic carbocycles. The van der Waals surface area contributed by atoms with E-state index in [9.17, 15) is 18.0 Å². The Balaban J connectivity index is 1.62. The summed E-state index contributed by atoms with van der Waals surface area (Å²) in [7, 11) is -2.98. The molecule has 0 bridgehead atoms. The molecule has 2 heterocycles. The lowest BCUT2D eigenvalue weighted by atomic mass is 10.0. The molecule has 118 valence electrons. The molecule has 1 unspecified atom stereocenters. The number of carbonyl (C=O) groups is 2. The summed E-state index contributed by atoms with van der Waals surface area (Å²) < 4.78 is 28.0. The highest BCUT2D eigenvalue weighted by Crippen LogP contribution is 2.30. The minimum Gasteiger partial charge on any atom is -0.482 e. The molecule has 7 nitrogen and oxygen atoms in total. The first-order chi connectivity index (χ1) is 10.4. The largest absolute Gasteiger partial charge is 0.482 e. The van der Waals surface area contributed by atoms with Crippen LogP contribution in [0.4, 0.5) is 11.4 Å². The summed E-state index contributed by atoms with van der Waals surface area (Å²) in [6.45, 7) is -0.0190. The number of ether oxygens (including phenoxy) is 1. The van der Waals surface area contributed by atoms with Crippen molar-refractivity contribution in [1.82, 2.24) is 0 Å². The van der Waals surface area contributed by atoms with Crippen molar-refractivity contribution in [3.8, 4) is 5.75 Å². The number of hydrogen-bond acceptors (Lipinski definition) is 5. The molecule has 0 saturated carbocycles. The van der Waals surface area contributed by atoms with E-state index < -0.39 is 9.84 Å². The van der Waals surface area contributed by atoms with Gasteiger partial charge in [-0.1, -0.05) is 0 Å². The molecule has 0 radical (unpaired) electrons. The van der Waals surface area contributed by atoms with Crippen molar-refractivity contribution in [2.45, 2.75) is 12.8 Å². The molecular weight excluding hydrogens is 308 g/mol. The summed E-state index contributed by atoms with van der Waals surface area (Å²) in [4.78, 5) is 23.3. The molecule has 0 aliphatic carbocycles. The number of hydrogen-bond donors (Lipinski definition) is 2. The van der Waals surface area contributed by atoms with Gasteiger partial charge in [0.25, 0.3) is 5.91 Å². The van der Waals surface area contributed by atoms with Gasteiger partial charge in [0.05, 0.1) is 17.2 Å². The Bertz CT molecular complexity index is 729. The number of sulfone groups is 1. The van der Waals surface area contributed by atoms with E-state index in [1.807, 2.05) is 0 Å². The Morgan fingerprint density at radius 1 is 1.41 bits per heavy atom. The second-order valence-corrected chi connectivity index (χ2v) is 7.80. The molecule has 22 heavy (non-hydrogen) atoms. The van der Waals surface area contributed by atoms with Gasteiger partial charge in [-0.15, -0.1) is 0 Å². The van der Waals surface area contributed by atoms with E-state index in [-0.39, 0.29) is 42.3 Å². The van der Waals surface area contributed by atoms with Crippen LogP contribution in [0.25, 0.3) is 0 Å². The molecule has 1 atom stereocenters. The zero-order valence-electron chi connectivity index (χ0n) is 11.8. The molecule has 8 heteroatoms. The highest BCUT2D eigenvalue weighted by atomic mass is 32.2. The van der Waals surface area contributed by atoms with E-state index >= 15 is 0 Å². The Hall–Kier alpha value is -2.09. The molecule has 1 saturated heterocycles. The number of carbonyl (C=O) groups excluding carboxylic acids is 2. The standard InChI is InChI=1S/C14H16N2O5S/c17-13(5-9-3-4-22(19,20)8-9)15-10-1-2-12-11(6-10)16-14(18)7-21-12/h1-2,6,9H,3-5,7-8H2,(H,15,17)(H,16,18). The van der Waals surface area contributed by atoms with Gasteiger partial charge in [0, 0.05) is 12.1 Å². The predicted octanol–water partition coefficient (Wildman–Crippen LogP) is 0.781. The van der Waals surface area contributed by atoms with Gasteiger partial charge in [-0.25, -0.2) is 8.42 Å². The Morgan fingerprint density at radius 3 is 2.95 bits per heavy atom. The summed E-state index contributed by atoms with van der Waals surface area (Å²) in [5, 5.41) is 5.38. The Labute approximate surface area is 128 Å². The van der Waals surface area contributed by atoms with Gasteiger partial charge >= 0.3 is 0 Å². The number of amides is 2. The first-order valence-corrected chi connectivity index (χ1v) is 8.80. The van der Waals surface area contributed by atoms with Crippen molar-refractivity contribution in [1.29, 1.82) is 0 Å². The molecule has 1 fully saturated rings. The lowest BCUT2D eigenvalue weighted by molar-refractivity contribution is -0.118. The van der Waals surface area contributed by atoms with Gasteiger partial charge in [0.15, 0.2) is 16.4 Å². The second kappa shape index (κ2) is 5.60. The molecule has 3 rings (SSSR count). The summed E-state index contributed by atoms with van der Waals surface area (Å²) in [5.41, 5.74) is 1.05. The predicted molar refractivity (Wildman–Crippen MR) is 80.6 cm³/mol. The molecule has 0 aromatic heterocycles. The van der Waals surface area contributed by atoms with Crippen LogP contribution in [-0.4, -0.2) is 38.3 Å². The molecule has 2 aliphatic rings. The zero-order chi connectivity index (χ0) is 15.7. The normalized spacial score (nSPS) is 22.4. The lowest BCUT2D eigenvalue weighted by Crippen LogP contribution is -2.25. The van der Waals surface area contributed by atoms with Crippen molar-refractivity contribution in [2.24, 2.45) is 5.92 Å². The van der Waals surface area contributed by atoms with Crippen LogP contribution in [0.1, 0.15) is 12.8 Å². The van der Waals surface area contributed by atoms with Gasteiger partial charge in [0.2, 0.25) is 5.91 Å². The third-order valence-electron chi connectivity index (χ3n) is 3.70. The van der Waals surface area contributed by atoms with E-state index in [1.54, 1.807) is 18.2 Å². The van der Waals surface area contributed by atoms with Crippen molar-refractivity contribution in [3.05, 3.63) is 18.2 Å². The van der Waals surface area contributed by atoms with Gasteiger partial charge in [-0.2, -0.15) is 0 Å². The van der Waals surface area contributed by atoms with Crippen LogP contribution >= 0.6 is 0 Å². The maximum Gasteiger partial charge on any atom is 0.262 e. The van der Waals surface area contributed by atoms with E-state index in [1.165, 1.54) is 0 Å². The van der Waals surface area contributed by atoms with E-state index in [4.69, 9.17) is 4.74 Å². The third-order valence-corrected chi connectivity index (χ3v) is 5.53. The van der Waals surface area contributed by atoms with Crippen LogP contribution in [0.15, 0.2) is 18.2 Å². The SMILES string of the molecule is O=C(CC1CCS(=O)(=O)C1)Nc1ccc2c(c1)NC(=O)CO2. The summed E-state index contributed by atoms with van der Waals surface area (Å²) >= 11 is 0. The number of rotatable bonds is 3. The van der Waals surface area contributed by atoms with Crippen LogP contribution in [-0.2, 0) is 19.4 Å². The maximum absolute atomic E-state index is 12.0. The number of nitrogens with one attached hydrogen (secondary N) is 2. The minimum absolute atomic E-state index is 0.0190. The fraction of sp³-hybridized carbons (Fsp3) is 0.429. The van der Waals surface area contributed by atoms with Gasteiger partial charge in [0.1, 0.15) is 5.75 Å². The third kappa shape index (κ3) is 3.38. The van der Waals surface area contributed by atoms with Crippen molar-refractivity contribution < 1.29 is 22.7 Å². The van der Waals surface area contributed by atoms with Crippen LogP contribution < -0.4 is 15.4 Å². The fourth-order valence-electron chi connectivity index (χ4n) is 2.67. The summed E-state index contributed by atoms with van der Waals surface area (Å²) in [5.74, 6) is 0.198. The number of fused-ring (bicyclic) bond motifs is 1. The lowest BCUT2D eigenvalue weighted by Gasteiger charge is -2.18. The van der Waals surface area contributed by atoms with Crippen LogP contribution in [0.2, 0.25) is 0 Å². The smallest absolute Gasteiger partial charge is 0.262 e. The van der Waals surface area contributed by atoms with Crippen molar-refractivity contribution in [2.75, 3.05) is 28.7 Å². The molecule has 2 aliphatic heterocycles. The Morgan fingerprint density at radius 2 is 2.23 bits per heavy atom. The van der Waals surface area contributed by atoms with Crippen molar-refractivity contribution in [3.63, 3.8) is 0 Å². The van der Waals surface area contributed by atoms with E-state index in [2.05, 4.69) is 10.6 Å². The molecule has 2 amide bonds. The van der Waals surface area contributed by atoms with Crippen LogP contribution in [0.3, 0.4) is 0 Å². The zero-order valence-corrected chi connectivity index (χ0v) is 12.6. The fourth-order valence-corrected chi connectivity index (χ4v) is 4.53. The highest BCUT2D eigenvalue weighted by Gasteiger charge is 2.29. The minimum atomic E-state index is -2.98. The van der Waals surface area contributed by atoms with E-state index in [0.717, 1.165) is 0 Å². The number of anilines is 2. The van der Waals surface area contributed by atoms with E-state index in [0.29, 0.717) is 23.5 Å². The molecule has 0 spiro atoms. The van der Waals surface area contributed by atoms with Crippen molar-refractivity contribution >= 4 is 33.0 Å². The molecule has 2 N–H and O–H groups in total. The van der Waals surface area contributed by atoms with Gasteiger partial charge in [-0.3, -0.25) is 9.59 Å². The first kappa shape index (κ1) is 14.8. The average molecular weight is 324 g/mol. The van der Waals surface area contributed by atoms with Crippen LogP contribution in [0, 0.1) is 5.92 Å². The average Bonchev–Trinajstić information content (AvgIpc) is 2.77. The maximum atomic E-state index is 12.0. The molecule has 1 aromatic rings. The highest BCUT2D eigenvalue weighted by molar-refractivity contribution is 7.91. The molecular formula is C14H16N2O5S. The topological polar surface area (TPSA) is 102 Å².